The van der Waals surface area contributed by atoms with E-state index < -0.39 is 23.7 Å². The van der Waals surface area contributed by atoms with Crippen LogP contribution >= 0.6 is 0 Å². The molecule has 2 aromatic rings. The normalized spacial score (nSPS) is 21.7. The van der Waals surface area contributed by atoms with Crippen molar-refractivity contribution in [3.8, 4) is 16.9 Å². The second kappa shape index (κ2) is 11.1. The monoisotopic (exact) mass is 480 g/mol. The summed E-state index contributed by atoms with van der Waals surface area (Å²) in [7, 11) is 0. The standard InChI is InChI=1S/C28H33F5O/c29-25-17-23(18-26(30)27(25)22-13-15-24(16-14-22)34-28(31,32)33)21-11-9-20(10-12-21)8-4-3-7-19-5-1-2-6-19/h13-21H,1-12H2/t20-,21-. The molecule has 186 valence electrons. The average Bonchev–Trinajstić information content (AvgIpc) is 3.30. The minimum absolute atomic E-state index is 0.148. The predicted molar refractivity (Wildman–Crippen MR) is 124 cm³/mol. The predicted octanol–water partition coefficient (Wildman–Crippen LogP) is 9.55. The van der Waals surface area contributed by atoms with Gasteiger partial charge in [0.25, 0.3) is 0 Å². The van der Waals surface area contributed by atoms with E-state index in [-0.39, 0.29) is 17.0 Å². The molecular formula is C28H33F5O. The summed E-state index contributed by atoms with van der Waals surface area (Å²) < 4.78 is 70.6. The molecule has 0 unspecified atom stereocenters. The fourth-order valence-electron chi connectivity index (χ4n) is 5.88. The largest absolute Gasteiger partial charge is 0.573 e. The second-order valence-corrected chi connectivity index (χ2v) is 10.1. The lowest BCUT2D eigenvalue weighted by Crippen LogP contribution is -2.17. The van der Waals surface area contributed by atoms with Gasteiger partial charge in [-0.25, -0.2) is 8.78 Å². The SMILES string of the molecule is Fc1cc([C@H]2CC[C@H](CCCCC3CCCC3)CC2)cc(F)c1-c1ccc(OC(F)(F)F)cc1. The van der Waals surface area contributed by atoms with Crippen LogP contribution in [0.25, 0.3) is 11.1 Å². The summed E-state index contributed by atoms with van der Waals surface area (Å²) in [5.74, 6) is 0.0160. The van der Waals surface area contributed by atoms with Crippen LogP contribution in [0.2, 0.25) is 0 Å². The Balaban J connectivity index is 1.30. The smallest absolute Gasteiger partial charge is 0.406 e. The van der Waals surface area contributed by atoms with Gasteiger partial charge < -0.3 is 4.74 Å². The number of ether oxygens (including phenoxy) is 1. The number of rotatable bonds is 8. The highest BCUT2D eigenvalue weighted by molar-refractivity contribution is 5.66. The third-order valence-electron chi connectivity index (χ3n) is 7.71. The van der Waals surface area contributed by atoms with E-state index in [2.05, 4.69) is 4.74 Å². The third kappa shape index (κ3) is 6.73. The zero-order valence-electron chi connectivity index (χ0n) is 19.5. The first-order valence-electron chi connectivity index (χ1n) is 12.6. The van der Waals surface area contributed by atoms with Crippen molar-refractivity contribution in [2.45, 2.75) is 89.3 Å². The highest BCUT2D eigenvalue weighted by Crippen LogP contribution is 2.40. The second-order valence-electron chi connectivity index (χ2n) is 10.1. The van der Waals surface area contributed by atoms with E-state index in [4.69, 9.17) is 0 Å². The van der Waals surface area contributed by atoms with Crippen molar-refractivity contribution in [1.82, 2.24) is 0 Å². The van der Waals surface area contributed by atoms with Gasteiger partial charge in [-0.1, -0.05) is 63.5 Å². The van der Waals surface area contributed by atoms with E-state index in [1.165, 1.54) is 75.6 Å². The van der Waals surface area contributed by atoms with E-state index in [0.717, 1.165) is 43.7 Å². The Labute approximate surface area is 198 Å². The van der Waals surface area contributed by atoms with Crippen LogP contribution in [0.15, 0.2) is 36.4 Å². The van der Waals surface area contributed by atoms with Crippen molar-refractivity contribution in [1.29, 1.82) is 0 Å². The molecule has 2 saturated carbocycles. The number of hydrogen-bond acceptors (Lipinski definition) is 1. The topological polar surface area (TPSA) is 9.23 Å². The molecule has 6 heteroatoms. The van der Waals surface area contributed by atoms with Crippen LogP contribution in [0.3, 0.4) is 0 Å². The zero-order chi connectivity index (χ0) is 24.1. The van der Waals surface area contributed by atoms with Crippen molar-refractivity contribution in [2.75, 3.05) is 0 Å². The maximum absolute atomic E-state index is 14.9. The van der Waals surface area contributed by atoms with Crippen LogP contribution in [0.5, 0.6) is 5.75 Å². The van der Waals surface area contributed by atoms with Crippen LogP contribution in [0, 0.1) is 23.5 Å². The van der Waals surface area contributed by atoms with E-state index in [9.17, 15) is 22.0 Å². The van der Waals surface area contributed by atoms with Gasteiger partial charge in [0.15, 0.2) is 0 Å². The summed E-state index contributed by atoms with van der Waals surface area (Å²) in [5, 5.41) is 0. The molecule has 0 radical (unpaired) electrons. The van der Waals surface area contributed by atoms with E-state index in [1.54, 1.807) is 0 Å². The molecule has 1 nitrogen and oxygen atoms in total. The molecule has 2 aliphatic carbocycles. The lowest BCUT2D eigenvalue weighted by Gasteiger charge is -2.29. The Morgan fingerprint density at radius 1 is 0.735 bits per heavy atom. The Morgan fingerprint density at radius 2 is 1.26 bits per heavy atom. The third-order valence-corrected chi connectivity index (χ3v) is 7.71. The molecule has 0 N–H and O–H groups in total. The first-order chi connectivity index (χ1) is 16.3. The molecular weight excluding hydrogens is 447 g/mol. The van der Waals surface area contributed by atoms with Crippen LogP contribution in [-0.2, 0) is 0 Å². The molecule has 0 aromatic heterocycles. The number of alkyl halides is 3. The molecule has 0 atom stereocenters. The lowest BCUT2D eigenvalue weighted by atomic mass is 9.76. The molecule has 0 amide bonds. The Hall–Kier alpha value is -2.11. The summed E-state index contributed by atoms with van der Waals surface area (Å²) in [4.78, 5) is 0. The van der Waals surface area contributed by atoms with Gasteiger partial charge in [-0.2, -0.15) is 0 Å². The number of hydrogen-bond donors (Lipinski definition) is 0. The van der Waals surface area contributed by atoms with Crippen molar-refractivity contribution in [2.24, 2.45) is 11.8 Å². The van der Waals surface area contributed by atoms with Crippen LogP contribution < -0.4 is 4.74 Å². The van der Waals surface area contributed by atoms with Gasteiger partial charge in [0.05, 0.1) is 5.56 Å². The van der Waals surface area contributed by atoms with E-state index in [0.29, 0.717) is 11.5 Å². The Kier molecular flexibility index (Phi) is 8.15. The van der Waals surface area contributed by atoms with Gasteiger partial charge in [0.2, 0.25) is 0 Å². The maximum Gasteiger partial charge on any atom is 0.573 e. The first kappa shape index (κ1) is 25.0. The molecule has 2 aromatic carbocycles. The number of unbranched alkanes of at least 4 members (excludes halogenated alkanes) is 1. The van der Waals surface area contributed by atoms with Crippen molar-refractivity contribution < 1.29 is 26.7 Å². The van der Waals surface area contributed by atoms with Crippen molar-refractivity contribution >= 4 is 0 Å². The number of halogens is 5. The van der Waals surface area contributed by atoms with Crippen LogP contribution in [0.4, 0.5) is 22.0 Å². The average molecular weight is 481 g/mol. The lowest BCUT2D eigenvalue weighted by molar-refractivity contribution is -0.274. The minimum Gasteiger partial charge on any atom is -0.406 e. The quantitative estimate of drug-likeness (QED) is 0.270. The fraction of sp³-hybridized carbons (Fsp3) is 0.571. The van der Waals surface area contributed by atoms with Gasteiger partial charge >= 0.3 is 6.36 Å². The van der Waals surface area contributed by atoms with Gasteiger partial charge in [-0.3, -0.25) is 0 Å². The Bertz CT molecular complexity index is 900. The van der Waals surface area contributed by atoms with Gasteiger partial charge in [0, 0.05) is 0 Å². The highest BCUT2D eigenvalue weighted by Gasteiger charge is 2.31. The zero-order valence-corrected chi connectivity index (χ0v) is 19.5. The van der Waals surface area contributed by atoms with Gasteiger partial charge in [-0.05, 0) is 78.8 Å². The summed E-state index contributed by atoms with van der Waals surface area (Å²) in [6.07, 6.45) is 10.1. The first-order valence-corrected chi connectivity index (χ1v) is 12.6. The van der Waals surface area contributed by atoms with E-state index >= 15 is 0 Å². The van der Waals surface area contributed by atoms with Crippen LogP contribution in [0.1, 0.15) is 88.5 Å². The van der Waals surface area contributed by atoms with Gasteiger partial charge in [0.1, 0.15) is 17.4 Å². The fourth-order valence-corrected chi connectivity index (χ4v) is 5.88. The molecule has 4 rings (SSSR count). The van der Waals surface area contributed by atoms with Gasteiger partial charge in [-0.15, -0.1) is 13.2 Å². The minimum atomic E-state index is -4.81. The molecule has 34 heavy (non-hydrogen) atoms. The Morgan fingerprint density at radius 3 is 1.79 bits per heavy atom. The molecule has 0 saturated heterocycles. The molecule has 0 bridgehead atoms. The summed E-state index contributed by atoms with van der Waals surface area (Å²) in [5.41, 5.74) is 0.631. The van der Waals surface area contributed by atoms with Crippen LogP contribution in [-0.4, -0.2) is 6.36 Å². The van der Waals surface area contributed by atoms with E-state index in [1.807, 2.05) is 0 Å². The maximum atomic E-state index is 14.9. The highest BCUT2D eigenvalue weighted by atomic mass is 19.4. The van der Waals surface area contributed by atoms with Crippen molar-refractivity contribution in [3.63, 3.8) is 0 Å². The summed E-state index contributed by atoms with van der Waals surface area (Å²) in [6.45, 7) is 0. The molecule has 0 spiro atoms. The summed E-state index contributed by atoms with van der Waals surface area (Å²) in [6, 6.07) is 7.38. The molecule has 0 heterocycles. The molecule has 2 aliphatic rings. The molecule has 0 aliphatic heterocycles. The van der Waals surface area contributed by atoms with Crippen molar-refractivity contribution in [3.05, 3.63) is 53.6 Å². The molecule has 2 fully saturated rings. The number of benzene rings is 2. The summed E-state index contributed by atoms with van der Waals surface area (Å²) >= 11 is 0.